The maximum Gasteiger partial charge on any atom is 0.343 e. The number of carbonyl (C=O) groups is 1. The van der Waals surface area contributed by atoms with Crippen molar-refractivity contribution in [3.63, 3.8) is 0 Å². The molecule has 0 atom stereocenters. The van der Waals surface area contributed by atoms with Gasteiger partial charge >= 0.3 is 6.03 Å². The van der Waals surface area contributed by atoms with Crippen molar-refractivity contribution in [1.29, 1.82) is 0 Å². The van der Waals surface area contributed by atoms with Crippen LogP contribution >= 0.6 is 0 Å². The Kier molecular flexibility index (Phi) is 5.27. The molecule has 1 saturated carbocycles. The van der Waals surface area contributed by atoms with Gasteiger partial charge in [-0.3, -0.25) is 9.91 Å². The third-order valence-corrected chi connectivity index (χ3v) is 6.69. The normalized spacial score (nSPS) is 17.4. The molecule has 2 amide bonds. The van der Waals surface area contributed by atoms with Crippen LogP contribution in [-0.4, -0.2) is 55.3 Å². The quantitative estimate of drug-likeness (QED) is 0.778. The SMILES string of the molecule is CCN1C(=O)N(C)c2cnc(Nc3cccc(S(C)(=O)=O)c3)nc2N1C1CCCC1. The van der Waals surface area contributed by atoms with Gasteiger partial charge in [-0.25, -0.2) is 23.2 Å². The molecule has 0 saturated heterocycles. The third kappa shape index (κ3) is 3.67. The van der Waals surface area contributed by atoms with Crippen LogP contribution in [0.5, 0.6) is 0 Å². The van der Waals surface area contributed by atoms with Crippen molar-refractivity contribution < 1.29 is 13.2 Å². The van der Waals surface area contributed by atoms with E-state index >= 15 is 0 Å². The van der Waals surface area contributed by atoms with Crippen LogP contribution in [0, 0.1) is 0 Å². The number of fused-ring (bicyclic) bond motifs is 1. The lowest BCUT2D eigenvalue weighted by atomic mass is 10.2. The molecular formula is C20H26N6O3S. The van der Waals surface area contributed by atoms with Gasteiger partial charge in [0.1, 0.15) is 5.69 Å². The van der Waals surface area contributed by atoms with Gasteiger partial charge in [0.2, 0.25) is 5.95 Å². The third-order valence-electron chi connectivity index (χ3n) is 5.58. The van der Waals surface area contributed by atoms with Crippen LogP contribution in [0.4, 0.5) is 27.9 Å². The van der Waals surface area contributed by atoms with E-state index in [4.69, 9.17) is 4.98 Å². The number of amides is 2. The van der Waals surface area contributed by atoms with Crippen LogP contribution in [0.1, 0.15) is 32.6 Å². The minimum Gasteiger partial charge on any atom is -0.324 e. The standard InChI is InChI=1S/C20H26N6O3S/c1-4-25-20(27)24(2)17-13-21-19(23-18(17)26(25)15-9-5-6-10-15)22-14-8-7-11-16(12-14)30(3,28)29/h7-8,11-13,15H,4-6,9-10H2,1-3H3,(H,21,22,23). The molecule has 2 aliphatic rings. The van der Waals surface area contributed by atoms with Gasteiger partial charge in [-0.15, -0.1) is 0 Å². The van der Waals surface area contributed by atoms with Crippen LogP contribution in [0.25, 0.3) is 0 Å². The first-order chi connectivity index (χ1) is 14.3. The molecule has 0 spiro atoms. The van der Waals surface area contributed by atoms with E-state index in [1.165, 1.54) is 6.26 Å². The number of anilines is 4. The van der Waals surface area contributed by atoms with Crippen molar-refractivity contribution >= 4 is 39.0 Å². The molecule has 0 radical (unpaired) electrons. The van der Waals surface area contributed by atoms with E-state index in [-0.39, 0.29) is 17.0 Å². The molecule has 1 aliphatic heterocycles. The van der Waals surface area contributed by atoms with Crippen molar-refractivity contribution in [2.45, 2.75) is 43.5 Å². The van der Waals surface area contributed by atoms with Crippen LogP contribution in [0.2, 0.25) is 0 Å². The first-order valence-corrected chi connectivity index (χ1v) is 12.0. The lowest BCUT2D eigenvalue weighted by Crippen LogP contribution is -2.59. The summed E-state index contributed by atoms with van der Waals surface area (Å²) in [5.41, 5.74) is 1.24. The fourth-order valence-corrected chi connectivity index (χ4v) is 4.72. The number of nitrogens with zero attached hydrogens (tertiary/aromatic N) is 5. The predicted octanol–water partition coefficient (Wildman–Crippen LogP) is 3.18. The Morgan fingerprint density at radius 2 is 1.97 bits per heavy atom. The molecule has 1 aliphatic carbocycles. The van der Waals surface area contributed by atoms with E-state index in [0.717, 1.165) is 25.7 Å². The van der Waals surface area contributed by atoms with Crippen molar-refractivity contribution in [2.75, 3.05) is 35.1 Å². The number of hydrogen-bond acceptors (Lipinski definition) is 7. The van der Waals surface area contributed by atoms with Gasteiger partial charge in [0, 0.05) is 25.5 Å². The molecule has 1 N–H and O–H groups in total. The summed E-state index contributed by atoms with van der Waals surface area (Å²) in [7, 11) is -1.59. The fraction of sp³-hybridized carbons (Fsp3) is 0.450. The lowest BCUT2D eigenvalue weighted by molar-refractivity contribution is 0.191. The lowest BCUT2D eigenvalue weighted by Gasteiger charge is -2.45. The molecule has 1 fully saturated rings. The number of sulfone groups is 1. The fourth-order valence-electron chi connectivity index (χ4n) is 4.05. The Morgan fingerprint density at radius 1 is 1.23 bits per heavy atom. The smallest absolute Gasteiger partial charge is 0.324 e. The number of hydrazine groups is 1. The van der Waals surface area contributed by atoms with Crippen LogP contribution in [0.3, 0.4) is 0 Å². The molecule has 2 heterocycles. The van der Waals surface area contributed by atoms with Crippen LogP contribution in [0.15, 0.2) is 35.4 Å². The summed E-state index contributed by atoms with van der Waals surface area (Å²) in [4.78, 5) is 23.8. The average Bonchev–Trinajstić information content (AvgIpc) is 3.24. The Morgan fingerprint density at radius 3 is 2.63 bits per heavy atom. The number of carbonyl (C=O) groups excluding carboxylic acids is 1. The first-order valence-electron chi connectivity index (χ1n) is 10.1. The maximum atomic E-state index is 12.9. The second-order valence-corrected chi connectivity index (χ2v) is 9.68. The summed E-state index contributed by atoms with van der Waals surface area (Å²) in [5.74, 6) is 1.03. The Balaban J connectivity index is 1.72. The van der Waals surface area contributed by atoms with Crippen molar-refractivity contribution in [3.8, 4) is 0 Å². The largest absolute Gasteiger partial charge is 0.343 e. The molecule has 160 valence electrons. The monoisotopic (exact) mass is 430 g/mol. The van der Waals surface area contributed by atoms with Gasteiger partial charge in [-0.05, 0) is 38.0 Å². The van der Waals surface area contributed by atoms with Crippen molar-refractivity contribution in [1.82, 2.24) is 15.0 Å². The number of nitrogens with one attached hydrogen (secondary N) is 1. The summed E-state index contributed by atoms with van der Waals surface area (Å²) in [6.07, 6.45) is 7.09. The zero-order valence-corrected chi connectivity index (χ0v) is 18.2. The van der Waals surface area contributed by atoms with Gasteiger partial charge in [-0.1, -0.05) is 18.9 Å². The predicted molar refractivity (Wildman–Crippen MR) is 116 cm³/mol. The zero-order valence-electron chi connectivity index (χ0n) is 17.4. The molecule has 9 nitrogen and oxygen atoms in total. The van der Waals surface area contributed by atoms with Crippen LogP contribution in [-0.2, 0) is 9.84 Å². The van der Waals surface area contributed by atoms with Gasteiger partial charge < -0.3 is 5.32 Å². The molecule has 10 heteroatoms. The van der Waals surface area contributed by atoms with Gasteiger partial charge in [-0.2, -0.15) is 4.98 Å². The number of hydrogen-bond donors (Lipinski definition) is 1. The highest BCUT2D eigenvalue weighted by molar-refractivity contribution is 7.90. The molecular weight excluding hydrogens is 404 g/mol. The van der Waals surface area contributed by atoms with Gasteiger partial charge in [0.25, 0.3) is 0 Å². The molecule has 1 aromatic carbocycles. The summed E-state index contributed by atoms with van der Waals surface area (Å²) >= 11 is 0. The summed E-state index contributed by atoms with van der Waals surface area (Å²) in [6.45, 7) is 2.50. The minimum atomic E-state index is -3.32. The van der Waals surface area contributed by atoms with E-state index in [1.807, 2.05) is 11.9 Å². The molecule has 0 unspecified atom stereocenters. The summed E-state index contributed by atoms with van der Waals surface area (Å²) in [6, 6.07) is 6.67. The van der Waals surface area contributed by atoms with Crippen molar-refractivity contribution in [3.05, 3.63) is 30.5 Å². The topological polar surface area (TPSA) is 98.7 Å². The van der Waals surface area contributed by atoms with E-state index in [1.54, 1.807) is 47.4 Å². The molecule has 30 heavy (non-hydrogen) atoms. The second-order valence-electron chi connectivity index (χ2n) is 7.67. The van der Waals surface area contributed by atoms with E-state index in [2.05, 4.69) is 10.3 Å². The zero-order chi connectivity index (χ0) is 21.5. The Bertz CT molecular complexity index is 1070. The number of aromatic nitrogens is 2. The van der Waals surface area contributed by atoms with E-state index in [9.17, 15) is 13.2 Å². The Labute approximate surface area is 176 Å². The molecule has 2 aromatic rings. The molecule has 0 bridgehead atoms. The highest BCUT2D eigenvalue weighted by atomic mass is 32.2. The summed E-state index contributed by atoms with van der Waals surface area (Å²) < 4.78 is 23.7. The number of benzene rings is 1. The molecule has 1 aromatic heterocycles. The van der Waals surface area contributed by atoms with Crippen LogP contribution < -0.4 is 15.2 Å². The van der Waals surface area contributed by atoms with Crippen molar-refractivity contribution in [2.24, 2.45) is 0 Å². The van der Waals surface area contributed by atoms with Gasteiger partial charge in [0.15, 0.2) is 15.7 Å². The number of rotatable bonds is 5. The highest BCUT2D eigenvalue weighted by Gasteiger charge is 2.39. The first kappa shape index (κ1) is 20.4. The average molecular weight is 431 g/mol. The summed E-state index contributed by atoms with van der Waals surface area (Å²) in [5, 5.41) is 6.86. The Hall–Kier alpha value is -2.88. The number of urea groups is 1. The van der Waals surface area contributed by atoms with E-state index in [0.29, 0.717) is 29.7 Å². The minimum absolute atomic E-state index is 0.0953. The van der Waals surface area contributed by atoms with Gasteiger partial charge in [0.05, 0.1) is 17.1 Å². The highest BCUT2D eigenvalue weighted by Crippen LogP contribution is 2.38. The van der Waals surface area contributed by atoms with E-state index < -0.39 is 9.84 Å². The second kappa shape index (κ2) is 7.75. The molecule has 4 rings (SSSR count). The maximum absolute atomic E-state index is 12.9.